The Bertz CT molecular complexity index is 1170. The Morgan fingerprint density at radius 1 is 1.33 bits per heavy atom. The summed E-state index contributed by atoms with van der Waals surface area (Å²) in [6.07, 6.45) is 10.8. The monoisotopic (exact) mass is 406 g/mol. The number of hydrogen-bond donors (Lipinski definition) is 2. The van der Waals surface area contributed by atoms with E-state index in [1.54, 1.807) is 30.3 Å². The number of aliphatic hydroxyl groups excluding tert-OH is 1. The van der Waals surface area contributed by atoms with Gasteiger partial charge in [-0.15, -0.1) is 5.10 Å². The Kier molecular flexibility index (Phi) is 4.68. The molecule has 4 aromatic heterocycles. The third-order valence-corrected chi connectivity index (χ3v) is 5.29. The summed E-state index contributed by atoms with van der Waals surface area (Å²) in [5, 5.41) is 17.6. The second-order valence-electron chi connectivity index (χ2n) is 7.14. The van der Waals surface area contributed by atoms with E-state index in [9.17, 15) is 5.11 Å². The van der Waals surface area contributed by atoms with Crippen molar-refractivity contribution in [3.8, 4) is 11.4 Å². The predicted octanol–water partition coefficient (Wildman–Crippen LogP) is 2.02. The molecule has 10 nitrogen and oxygen atoms in total. The standard InChI is InChI=1S/C20H22N8O2/c1-30-16-8-15(9-21-10-16)26-11-18(22-13-26)23-19-17-5-3-7-28(17)25-20(24-19)27-6-2-4-14(27)12-29/h3,5,7-11,13-14,29H,2,4,6,12H2,1H3,(H,23,24,25)/t14-/m0/s1. The zero-order valence-electron chi connectivity index (χ0n) is 16.5. The van der Waals surface area contributed by atoms with Gasteiger partial charge in [-0.2, -0.15) is 4.98 Å². The number of rotatable bonds is 6. The van der Waals surface area contributed by atoms with Gasteiger partial charge < -0.3 is 24.6 Å². The third-order valence-electron chi connectivity index (χ3n) is 5.29. The van der Waals surface area contributed by atoms with Gasteiger partial charge in [0, 0.05) is 18.8 Å². The molecule has 5 rings (SSSR count). The van der Waals surface area contributed by atoms with E-state index in [1.165, 1.54) is 0 Å². The summed E-state index contributed by atoms with van der Waals surface area (Å²) in [6.45, 7) is 0.920. The maximum atomic E-state index is 9.68. The van der Waals surface area contributed by atoms with Gasteiger partial charge in [0.15, 0.2) is 5.82 Å². The van der Waals surface area contributed by atoms with Crippen LogP contribution < -0.4 is 15.0 Å². The van der Waals surface area contributed by atoms with Crippen LogP contribution in [-0.4, -0.2) is 60.5 Å². The molecule has 0 aliphatic carbocycles. The first-order valence-electron chi connectivity index (χ1n) is 9.78. The van der Waals surface area contributed by atoms with Gasteiger partial charge >= 0.3 is 0 Å². The number of ether oxygens (including phenoxy) is 1. The normalized spacial score (nSPS) is 16.3. The summed E-state index contributed by atoms with van der Waals surface area (Å²) in [7, 11) is 1.61. The maximum Gasteiger partial charge on any atom is 0.245 e. The SMILES string of the molecule is COc1cncc(-n2cnc(Nc3nc(N4CCC[C@H]4CO)nn4cccc34)c2)c1. The highest BCUT2D eigenvalue weighted by atomic mass is 16.5. The number of pyridine rings is 1. The van der Waals surface area contributed by atoms with Crippen molar-refractivity contribution in [1.82, 2.24) is 29.1 Å². The van der Waals surface area contributed by atoms with Gasteiger partial charge in [-0.1, -0.05) is 0 Å². The molecule has 0 unspecified atom stereocenters. The van der Waals surface area contributed by atoms with Crippen LogP contribution in [0.1, 0.15) is 12.8 Å². The van der Waals surface area contributed by atoms with Crippen LogP contribution in [0.5, 0.6) is 5.75 Å². The van der Waals surface area contributed by atoms with E-state index < -0.39 is 0 Å². The maximum absolute atomic E-state index is 9.68. The molecule has 0 radical (unpaired) electrons. The van der Waals surface area contributed by atoms with Crippen molar-refractivity contribution < 1.29 is 9.84 Å². The highest BCUT2D eigenvalue weighted by molar-refractivity contribution is 5.73. The van der Waals surface area contributed by atoms with Gasteiger partial charge in [0.2, 0.25) is 5.95 Å². The number of imidazole rings is 1. The number of aromatic nitrogens is 6. The summed E-state index contributed by atoms with van der Waals surface area (Å²) in [5.41, 5.74) is 1.69. The minimum absolute atomic E-state index is 0.0469. The molecule has 1 fully saturated rings. The lowest BCUT2D eigenvalue weighted by atomic mass is 10.2. The van der Waals surface area contributed by atoms with Crippen LogP contribution in [-0.2, 0) is 0 Å². The van der Waals surface area contributed by atoms with Gasteiger partial charge in [-0.25, -0.2) is 9.50 Å². The summed E-state index contributed by atoms with van der Waals surface area (Å²) < 4.78 is 8.89. The van der Waals surface area contributed by atoms with Crippen molar-refractivity contribution >= 4 is 23.1 Å². The second kappa shape index (κ2) is 7.64. The van der Waals surface area contributed by atoms with E-state index in [2.05, 4.69) is 25.3 Å². The van der Waals surface area contributed by atoms with Crippen LogP contribution in [0.2, 0.25) is 0 Å². The molecule has 1 atom stereocenters. The van der Waals surface area contributed by atoms with Gasteiger partial charge in [0.1, 0.15) is 23.4 Å². The molecular formula is C20H22N8O2. The highest BCUT2D eigenvalue weighted by Gasteiger charge is 2.27. The van der Waals surface area contributed by atoms with Crippen molar-refractivity contribution in [3.05, 3.63) is 49.3 Å². The zero-order chi connectivity index (χ0) is 20.5. The average molecular weight is 406 g/mol. The van der Waals surface area contributed by atoms with Crippen LogP contribution in [0.15, 0.2) is 49.3 Å². The Morgan fingerprint density at radius 3 is 3.13 bits per heavy atom. The molecule has 4 aromatic rings. The zero-order valence-corrected chi connectivity index (χ0v) is 16.5. The Hall–Kier alpha value is -3.66. The number of hydrogen-bond acceptors (Lipinski definition) is 8. The lowest BCUT2D eigenvalue weighted by Crippen LogP contribution is -2.34. The van der Waals surface area contributed by atoms with E-state index in [1.807, 2.05) is 35.2 Å². The average Bonchev–Trinajstić information content (AvgIpc) is 3.53. The second-order valence-corrected chi connectivity index (χ2v) is 7.14. The molecule has 10 heteroatoms. The highest BCUT2D eigenvalue weighted by Crippen LogP contribution is 2.26. The quantitative estimate of drug-likeness (QED) is 0.501. The fourth-order valence-corrected chi connectivity index (χ4v) is 3.74. The summed E-state index contributed by atoms with van der Waals surface area (Å²) in [5.74, 6) is 2.57. The lowest BCUT2D eigenvalue weighted by Gasteiger charge is -2.23. The van der Waals surface area contributed by atoms with Crippen LogP contribution in [0.4, 0.5) is 17.6 Å². The van der Waals surface area contributed by atoms with E-state index in [4.69, 9.17) is 9.72 Å². The third kappa shape index (κ3) is 3.30. The molecule has 0 amide bonds. The van der Waals surface area contributed by atoms with Crippen LogP contribution in [0.25, 0.3) is 11.2 Å². The molecule has 154 valence electrons. The molecular weight excluding hydrogens is 384 g/mol. The number of methoxy groups -OCH3 is 1. The van der Waals surface area contributed by atoms with E-state index in [0.29, 0.717) is 23.3 Å². The number of nitrogens with one attached hydrogen (secondary N) is 1. The number of aliphatic hydroxyl groups is 1. The minimum Gasteiger partial charge on any atom is -0.495 e. The summed E-state index contributed by atoms with van der Waals surface area (Å²) >= 11 is 0. The van der Waals surface area contributed by atoms with E-state index >= 15 is 0 Å². The lowest BCUT2D eigenvalue weighted by molar-refractivity contribution is 0.265. The Labute approximate surface area is 172 Å². The van der Waals surface area contributed by atoms with Crippen LogP contribution in [0, 0.1) is 0 Å². The first-order valence-corrected chi connectivity index (χ1v) is 9.78. The van der Waals surface area contributed by atoms with Crippen molar-refractivity contribution in [2.24, 2.45) is 0 Å². The van der Waals surface area contributed by atoms with Crippen LogP contribution in [0.3, 0.4) is 0 Å². The van der Waals surface area contributed by atoms with Crippen LogP contribution >= 0.6 is 0 Å². The number of nitrogens with zero attached hydrogens (tertiary/aromatic N) is 7. The topological polar surface area (TPSA) is 106 Å². The van der Waals surface area contributed by atoms with E-state index in [-0.39, 0.29) is 12.6 Å². The van der Waals surface area contributed by atoms with Crippen molar-refractivity contribution in [2.75, 3.05) is 30.5 Å². The largest absolute Gasteiger partial charge is 0.495 e. The molecule has 0 saturated carbocycles. The molecule has 30 heavy (non-hydrogen) atoms. The smallest absolute Gasteiger partial charge is 0.245 e. The first kappa shape index (κ1) is 18.4. The molecule has 0 aromatic carbocycles. The first-order chi connectivity index (χ1) is 14.7. The van der Waals surface area contributed by atoms with Gasteiger partial charge in [-0.05, 0) is 25.0 Å². The molecule has 1 aliphatic rings. The van der Waals surface area contributed by atoms with Gasteiger partial charge in [0.25, 0.3) is 0 Å². The molecule has 0 spiro atoms. The summed E-state index contributed by atoms with van der Waals surface area (Å²) in [6, 6.07) is 5.80. The molecule has 1 aliphatic heterocycles. The fraction of sp³-hybridized carbons (Fsp3) is 0.300. The molecule has 1 saturated heterocycles. The van der Waals surface area contributed by atoms with Crippen molar-refractivity contribution in [1.29, 1.82) is 0 Å². The predicted molar refractivity (Wildman–Crippen MR) is 112 cm³/mol. The van der Waals surface area contributed by atoms with Gasteiger partial charge in [-0.3, -0.25) is 4.98 Å². The van der Waals surface area contributed by atoms with Crippen molar-refractivity contribution in [3.63, 3.8) is 0 Å². The Balaban J connectivity index is 1.47. The minimum atomic E-state index is 0.0469. The fourth-order valence-electron chi connectivity index (χ4n) is 3.74. The Morgan fingerprint density at radius 2 is 2.27 bits per heavy atom. The molecule has 2 N–H and O–H groups in total. The number of anilines is 3. The van der Waals surface area contributed by atoms with E-state index in [0.717, 1.165) is 30.6 Å². The molecule has 5 heterocycles. The van der Waals surface area contributed by atoms with Crippen molar-refractivity contribution in [2.45, 2.75) is 18.9 Å². The summed E-state index contributed by atoms with van der Waals surface area (Å²) in [4.78, 5) is 15.4. The van der Waals surface area contributed by atoms with Gasteiger partial charge in [0.05, 0.1) is 44.0 Å². The molecule has 0 bridgehead atoms. The number of fused-ring (bicyclic) bond motifs is 1.